The molecule has 1 amide bonds. The molecule has 4 aromatic rings. The Labute approximate surface area is 217 Å². The number of nitrogens with one attached hydrogen (secondary N) is 1. The highest BCUT2D eigenvalue weighted by atomic mass is 35.5. The predicted molar refractivity (Wildman–Crippen MR) is 140 cm³/mol. The first kappa shape index (κ1) is 25.4. The molecule has 3 aromatic carbocycles. The number of halogens is 2. The molecule has 0 spiro atoms. The van der Waals surface area contributed by atoms with Gasteiger partial charge in [0.05, 0.1) is 18.1 Å². The molecule has 1 heterocycles. The van der Waals surface area contributed by atoms with Gasteiger partial charge in [0.25, 0.3) is 5.91 Å². The first-order chi connectivity index (χ1) is 17.4. The molecule has 1 N–H and O–H groups in total. The fraction of sp³-hybridized carbons (Fsp3) is 0.154. The van der Waals surface area contributed by atoms with Crippen molar-refractivity contribution in [1.29, 1.82) is 0 Å². The van der Waals surface area contributed by atoms with Crippen LogP contribution >= 0.6 is 23.4 Å². The Morgan fingerprint density at radius 1 is 1.06 bits per heavy atom. The zero-order chi connectivity index (χ0) is 25.5. The van der Waals surface area contributed by atoms with E-state index in [1.807, 2.05) is 47.9 Å². The first-order valence-corrected chi connectivity index (χ1v) is 12.5. The summed E-state index contributed by atoms with van der Waals surface area (Å²) in [6.45, 7) is 4.24. The maximum atomic E-state index is 13.1. The lowest BCUT2D eigenvalue weighted by molar-refractivity contribution is -0.118. The molecule has 0 aliphatic carbocycles. The maximum absolute atomic E-state index is 13.1. The summed E-state index contributed by atoms with van der Waals surface area (Å²) in [5, 5.41) is 14.0. The van der Waals surface area contributed by atoms with Gasteiger partial charge in [0.1, 0.15) is 11.6 Å². The van der Waals surface area contributed by atoms with E-state index in [9.17, 15) is 9.18 Å². The molecule has 1 aromatic heterocycles. The van der Waals surface area contributed by atoms with Crippen molar-refractivity contribution in [3.05, 3.63) is 89.2 Å². The van der Waals surface area contributed by atoms with E-state index in [1.165, 1.54) is 23.9 Å². The predicted octanol–water partition coefficient (Wildman–Crippen LogP) is 5.76. The van der Waals surface area contributed by atoms with Crippen molar-refractivity contribution >= 4 is 35.0 Å². The molecule has 0 aliphatic heterocycles. The number of ether oxygens (including phenoxy) is 1. The van der Waals surface area contributed by atoms with Gasteiger partial charge in [0, 0.05) is 16.3 Å². The Bertz CT molecular complexity index is 1360. The lowest BCUT2D eigenvalue weighted by atomic mass is 10.1. The van der Waals surface area contributed by atoms with Crippen LogP contribution in [0, 0.1) is 5.82 Å². The van der Waals surface area contributed by atoms with Gasteiger partial charge in [-0.2, -0.15) is 5.10 Å². The molecule has 0 saturated carbocycles. The van der Waals surface area contributed by atoms with Gasteiger partial charge in [-0.3, -0.25) is 9.36 Å². The minimum Gasteiger partial charge on any atom is -0.494 e. The fourth-order valence-corrected chi connectivity index (χ4v) is 4.17. The number of hydrogen-bond acceptors (Lipinski definition) is 6. The van der Waals surface area contributed by atoms with E-state index in [4.69, 9.17) is 16.3 Å². The molecule has 10 heteroatoms. The van der Waals surface area contributed by atoms with Gasteiger partial charge >= 0.3 is 0 Å². The molecule has 0 aliphatic rings. The van der Waals surface area contributed by atoms with Gasteiger partial charge in [0.15, 0.2) is 11.0 Å². The number of aromatic nitrogens is 3. The van der Waals surface area contributed by atoms with E-state index >= 15 is 0 Å². The lowest BCUT2D eigenvalue weighted by Crippen LogP contribution is -2.21. The Morgan fingerprint density at radius 3 is 2.42 bits per heavy atom. The first-order valence-electron chi connectivity index (χ1n) is 11.1. The highest BCUT2D eigenvalue weighted by Gasteiger charge is 2.17. The summed E-state index contributed by atoms with van der Waals surface area (Å²) in [7, 11) is 0. The molecule has 4 rings (SSSR count). The summed E-state index contributed by atoms with van der Waals surface area (Å²) in [6, 6.07) is 20.8. The standard InChI is InChI=1S/C26H23ClFN5O2S/c1-3-35-23-14-12-22(13-15-23)33-25(19-4-8-20(27)9-5-19)31-32-26(33)36-16-24(34)30-29-17(2)18-6-10-21(28)11-7-18/h4-15H,3,16H2,1-2H3,(H,30,34). The number of thioether (sulfide) groups is 1. The number of nitrogens with zero attached hydrogens (tertiary/aromatic N) is 4. The van der Waals surface area contributed by atoms with Gasteiger partial charge < -0.3 is 4.74 Å². The van der Waals surface area contributed by atoms with E-state index in [2.05, 4.69) is 20.7 Å². The van der Waals surface area contributed by atoms with Crippen molar-refractivity contribution < 1.29 is 13.9 Å². The van der Waals surface area contributed by atoms with E-state index in [0.717, 1.165) is 17.0 Å². The number of rotatable bonds is 9. The Kier molecular flexibility index (Phi) is 8.35. The highest BCUT2D eigenvalue weighted by molar-refractivity contribution is 7.99. The third-order valence-corrected chi connectivity index (χ3v) is 6.27. The van der Waals surface area contributed by atoms with Crippen LogP contribution in [0.3, 0.4) is 0 Å². The van der Waals surface area contributed by atoms with Crippen molar-refractivity contribution in [1.82, 2.24) is 20.2 Å². The lowest BCUT2D eigenvalue weighted by Gasteiger charge is -2.11. The monoisotopic (exact) mass is 523 g/mol. The number of carbonyl (C=O) groups excluding carboxylic acids is 1. The third-order valence-electron chi connectivity index (χ3n) is 5.08. The van der Waals surface area contributed by atoms with Gasteiger partial charge in [-0.15, -0.1) is 10.2 Å². The van der Waals surface area contributed by atoms with E-state index in [0.29, 0.717) is 33.9 Å². The van der Waals surface area contributed by atoms with E-state index in [1.54, 1.807) is 31.2 Å². The van der Waals surface area contributed by atoms with Crippen molar-refractivity contribution in [3.8, 4) is 22.8 Å². The summed E-state index contributed by atoms with van der Waals surface area (Å²) < 4.78 is 20.6. The summed E-state index contributed by atoms with van der Waals surface area (Å²) in [6.07, 6.45) is 0. The quantitative estimate of drug-likeness (QED) is 0.171. The Balaban J connectivity index is 1.53. The van der Waals surface area contributed by atoms with Gasteiger partial charge in [-0.25, -0.2) is 9.82 Å². The van der Waals surface area contributed by atoms with Crippen molar-refractivity contribution in [2.75, 3.05) is 12.4 Å². The van der Waals surface area contributed by atoms with Crippen LogP contribution in [0.2, 0.25) is 5.02 Å². The Hall–Kier alpha value is -3.69. The molecule has 0 unspecified atom stereocenters. The van der Waals surface area contributed by atoms with Crippen LogP contribution in [0.5, 0.6) is 5.75 Å². The number of carbonyl (C=O) groups is 1. The van der Waals surface area contributed by atoms with Gasteiger partial charge in [0.2, 0.25) is 0 Å². The van der Waals surface area contributed by atoms with Crippen LogP contribution in [-0.4, -0.2) is 38.7 Å². The zero-order valence-electron chi connectivity index (χ0n) is 19.6. The minimum atomic E-state index is -0.332. The third kappa shape index (κ3) is 6.30. The van der Waals surface area contributed by atoms with Crippen LogP contribution in [0.25, 0.3) is 17.1 Å². The highest BCUT2D eigenvalue weighted by Crippen LogP contribution is 2.29. The molecular formula is C26H23ClFN5O2S. The van der Waals surface area contributed by atoms with Crippen LogP contribution in [0.15, 0.2) is 83.1 Å². The largest absolute Gasteiger partial charge is 0.494 e. The van der Waals surface area contributed by atoms with Crippen LogP contribution < -0.4 is 10.2 Å². The normalized spacial score (nSPS) is 11.4. The molecule has 0 saturated heterocycles. The average molecular weight is 524 g/mol. The molecule has 0 atom stereocenters. The van der Waals surface area contributed by atoms with E-state index < -0.39 is 0 Å². The van der Waals surface area contributed by atoms with Crippen molar-refractivity contribution in [3.63, 3.8) is 0 Å². The molecule has 0 radical (unpaired) electrons. The number of hydrogen-bond donors (Lipinski definition) is 1. The summed E-state index contributed by atoms with van der Waals surface area (Å²) in [5.41, 5.74) is 5.47. The molecule has 184 valence electrons. The zero-order valence-corrected chi connectivity index (χ0v) is 21.2. The van der Waals surface area contributed by atoms with Crippen LogP contribution in [0.1, 0.15) is 19.4 Å². The summed E-state index contributed by atoms with van der Waals surface area (Å²) in [4.78, 5) is 12.5. The number of hydrazone groups is 1. The second-order valence-corrected chi connectivity index (χ2v) is 8.98. The molecule has 0 bridgehead atoms. The van der Waals surface area contributed by atoms with Crippen molar-refractivity contribution in [2.24, 2.45) is 5.10 Å². The van der Waals surface area contributed by atoms with Crippen molar-refractivity contribution in [2.45, 2.75) is 19.0 Å². The number of amides is 1. The summed E-state index contributed by atoms with van der Waals surface area (Å²) in [5.74, 6) is 0.794. The average Bonchev–Trinajstić information content (AvgIpc) is 3.31. The SMILES string of the molecule is CCOc1ccc(-n2c(SCC(=O)NN=C(C)c3ccc(F)cc3)nnc2-c2ccc(Cl)cc2)cc1. The maximum Gasteiger partial charge on any atom is 0.250 e. The number of benzene rings is 3. The van der Waals surface area contributed by atoms with Gasteiger partial charge in [-0.05, 0) is 80.1 Å². The fourth-order valence-electron chi connectivity index (χ4n) is 3.30. The second kappa shape index (κ2) is 11.8. The van der Waals surface area contributed by atoms with Crippen LogP contribution in [0.4, 0.5) is 4.39 Å². The minimum absolute atomic E-state index is 0.0655. The summed E-state index contributed by atoms with van der Waals surface area (Å²) >= 11 is 7.29. The smallest absolute Gasteiger partial charge is 0.250 e. The van der Waals surface area contributed by atoms with E-state index in [-0.39, 0.29) is 17.5 Å². The van der Waals surface area contributed by atoms with Crippen LogP contribution in [-0.2, 0) is 4.79 Å². The topological polar surface area (TPSA) is 81.4 Å². The molecule has 0 fully saturated rings. The second-order valence-electron chi connectivity index (χ2n) is 7.60. The molecule has 36 heavy (non-hydrogen) atoms. The Morgan fingerprint density at radius 2 is 1.75 bits per heavy atom. The van der Waals surface area contributed by atoms with Gasteiger partial charge in [-0.1, -0.05) is 35.5 Å². The molecular weight excluding hydrogens is 501 g/mol. The molecule has 7 nitrogen and oxygen atoms in total.